The quantitative estimate of drug-likeness (QED) is 0.536. The van der Waals surface area contributed by atoms with Crippen molar-refractivity contribution in [3.05, 3.63) is 30.1 Å². The third-order valence-corrected chi connectivity index (χ3v) is 2.44. The van der Waals surface area contributed by atoms with Crippen LogP contribution in [0.1, 0.15) is 0 Å². The standard InChI is InChI=1S/C8H6FNO7P2/c9-5-1-3-6(4-2-5)10-7(11)8(16-18(12)13)17-19(14)15/h1-4,8H,(H-2,10,11,12,13,14,15)/p+2. The van der Waals surface area contributed by atoms with Crippen molar-refractivity contribution >= 4 is 28.1 Å². The van der Waals surface area contributed by atoms with Crippen molar-refractivity contribution in [2.75, 3.05) is 5.32 Å². The van der Waals surface area contributed by atoms with Crippen molar-refractivity contribution in [3.63, 3.8) is 0 Å². The second kappa shape index (κ2) is 7.30. The van der Waals surface area contributed by atoms with Gasteiger partial charge in [0.25, 0.3) is 5.91 Å². The number of nitrogens with one attached hydrogen (secondary N) is 1. The number of amides is 1. The summed E-state index contributed by atoms with van der Waals surface area (Å²) >= 11 is 0. The molecule has 11 heteroatoms. The monoisotopic (exact) mass is 311 g/mol. The average molecular weight is 311 g/mol. The van der Waals surface area contributed by atoms with E-state index in [1.54, 1.807) is 0 Å². The Morgan fingerprint density at radius 2 is 1.63 bits per heavy atom. The van der Waals surface area contributed by atoms with Crippen molar-refractivity contribution in [2.45, 2.75) is 6.29 Å². The fourth-order valence-corrected chi connectivity index (χ4v) is 1.69. The highest BCUT2D eigenvalue weighted by Gasteiger charge is 2.38. The highest BCUT2D eigenvalue weighted by Crippen LogP contribution is 2.26. The minimum atomic E-state index is -3.22. The zero-order chi connectivity index (χ0) is 14.4. The van der Waals surface area contributed by atoms with Crippen LogP contribution in [0.25, 0.3) is 0 Å². The summed E-state index contributed by atoms with van der Waals surface area (Å²) in [6, 6.07) is 4.54. The SMILES string of the molecule is O=C(Nc1ccc(F)cc1)C(O[P+](=O)O)O[P+](=O)O. The molecular formula is C8H8FNO7P2+2. The molecule has 1 aromatic carbocycles. The summed E-state index contributed by atoms with van der Waals surface area (Å²) in [5, 5.41) is 2.15. The van der Waals surface area contributed by atoms with Gasteiger partial charge < -0.3 is 5.32 Å². The van der Waals surface area contributed by atoms with Crippen LogP contribution in [-0.2, 0) is 23.0 Å². The molecule has 0 saturated carbocycles. The normalized spacial score (nSPS) is 13.6. The predicted octanol–water partition coefficient (Wildman–Crippen LogP) is 1.42. The molecule has 0 aliphatic carbocycles. The van der Waals surface area contributed by atoms with Gasteiger partial charge in [-0.05, 0) is 24.3 Å². The smallest absolute Gasteiger partial charge is 0.321 e. The van der Waals surface area contributed by atoms with E-state index < -0.39 is 34.5 Å². The average Bonchev–Trinajstić information content (AvgIpc) is 2.30. The first kappa shape index (κ1) is 15.7. The Hall–Kier alpha value is -1.34. The number of anilines is 1. The fourth-order valence-electron chi connectivity index (χ4n) is 1.01. The van der Waals surface area contributed by atoms with Gasteiger partial charge in [0.05, 0.1) is 0 Å². The van der Waals surface area contributed by atoms with Gasteiger partial charge in [0, 0.05) is 14.8 Å². The lowest BCUT2D eigenvalue weighted by Gasteiger charge is -2.05. The van der Waals surface area contributed by atoms with E-state index in [1.807, 2.05) is 0 Å². The molecule has 0 heterocycles. The molecule has 0 spiro atoms. The lowest BCUT2D eigenvalue weighted by Crippen LogP contribution is -2.29. The first-order chi connectivity index (χ1) is 8.88. The van der Waals surface area contributed by atoms with Gasteiger partial charge in [-0.3, -0.25) is 4.79 Å². The molecule has 1 aromatic rings. The van der Waals surface area contributed by atoms with E-state index in [4.69, 9.17) is 9.79 Å². The molecule has 0 radical (unpaired) electrons. The van der Waals surface area contributed by atoms with Gasteiger partial charge in [-0.1, -0.05) is 9.05 Å². The Kier molecular flexibility index (Phi) is 6.04. The van der Waals surface area contributed by atoms with Gasteiger partial charge in [0.1, 0.15) is 5.82 Å². The Bertz CT molecular complexity index is 478. The van der Waals surface area contributed by atoms with Crippen LogP contribution >= 0.6 is 16.5 Å². The van der Waals surface area contributed by atoms with Gasteiger partial charge in [0.15, 0.2) is 0 Å². The maximum Gasteiger partial charge on any atom is 0.698 e. The maximum atomic E-state index is 12.6. The van der Waals surface area contributed by atoms with Crippen LogP contribution in [0, 0.1) is 5.82 Å². The number of halogens is 1. The highest BCUT2D eigenvalue weighted by molar-refractivity contribution is 7.33. The molecule has 0 aromatic heterocycles. The molecule has 0 aliphatic heterocycles. The van der Waals surface area contributed by atoms with Crippen molar-refractivity contribution in [3.8, 4) is 0 Å². The van der Waals surface area contributed by atoms with Crippen molar-refractivity contribution in [2.24, 2.45) is 0 Å². The van der Waals surface area contributed by atoms with E-state index in [-0.39, 0.29) is 5.69 Å². The number of hydrogen-bond donors (Lipinski definition) is 3. The molecule has 2 atom stereocenters. The van der Waals surface area contributed by atoms with Crippen LogP contribution in [0.15, 0.2) is 24.3 Å². The van der Waals surface area contributed by atoms with Gasteiger partial charge in [0.2, 0.25) is 0 Å². The summed E-state index contributed by atoms with van der Waals surface area (Å²) < 4.78 is 41.7. The van der Waals surface area contributed by atoms with Crippen LogP contribution in [0.2, 0.25) is 0 Å². The largest absolute Gasteiger partial charge is 0.698 e. The molecule has 0 aliphatic rings. The number of carbonyl (C=O) groups excluding carboxylic acids is 1. The lowest BCUT2D eigenvalue weighted by atomic mass is 10.3. The van der Waals surface area contributed by atoms with Crippen molar-refractivity contribution in [1.29, 1.82) is 0 Å². The fraction of sp³-hybridized carbons (Fsp3) is 0.125. The Morgan fingerprint density at radius 1 is 1.16 bits per heavy atom. The summed E-state index contributed by atoms with van der Waals surface area (Å²) in [5.74, 6) is -1.62. The summed E-state index contributed by atoms with van der Waals surface area (Å²) in [5.41, 5.74) is 0.143. The van der Waals surface area contributed by atoms with Gasteiger partial charge in [-0.15, -0.1) is 9.79 Å². The summed E-state index contributed by atoms with van der Waals surface area (Å²) in [4.78, 5) is 28.5. The van der Waals surface area contributed by atoms with Crippen LogP contribution in [0.3, 0.4) is 0 Å². The van der Waals surface area contributed by atoms with E-state index in [2.05, 4.69) is 14.4 Å². The number of rotatable bonds is 6. The summed E-state index contributed by atoms with van der Waals surface area (Å²) in [6.45, 7) is 0. The Balaban J connectivity index is 2.73. The van der Waals surface area contributed by atoms with Crippen molar-refractivity contribution in [1.82, 2.24) is 0 Å². The summed E-state index contributed by atoms with van der Waals surface area (Å²) in [7, 11) is -6.44. The Morgan fingerprint density at radius 3 is 2.05 bits per heavy atom. The number of carbonyl (C=O) groups is 1. The molecule has 0 fully saturated rings. The molecular weight excluding hydrogens is 303 g/mol. The lowest BCUT2D eigenvalue weighted by molar-refractivity contribution is -0.135. The van der Waals surface area contributed by atoms with Crippen LogP contribution in [0.4, 0.5) is 10.1 Å². The minimum absolute atomic E-state index is 0.143. The molecule has 1 rings (SSSR count). The molecule has 0 saturated heterocycles. The predicted molar refractivity (Wildman–Crippen MR) is 60.6 cm³/mol. The van der Waals surface area contributed by atoms with Gasteiger partial charge in [-0.2, -0.15) is 0 Å². The molecule has 8 nitrogen and oxygen atoms in total. The second-order valence-corrected chi connectivity index (χ2v) is 4.39. The molecule has 19 heavy (non-hydrogen) atoms. The molecule has 0 bridgehead atoms. The van der Waals surface area contributed by atoms with E-state index in [0.29, 0.717) is 0 Å². The molecule has 102 valence electrons. The van der Waals surface area contributed by atoms with E-state index in [9.17, 15) is 18.3 Å². The maximum absolute atomic E-state index is 12.6. The van der Waals surface area contributed by atoms with Crippen LogP contribution in [0.5, 0.6) is 0 Å². The number of benzene rings is 1. The Labute approximate surface area is 108 Å². The highest BCUT2D eigenvalue weighted by atomic mass is 31.1. The molecule has 1 amide bonds. The second-order valence-electron chi connectivity index (χ2n) is 3.01. The van der Waals surface area contributed by atoms with Crippen LogP contribution < -0.4 is 5.32 Å². The third kappa shape index (κ3) is 5.89. The van der Waals surface area contributed by atoms with Crippen molar-refractivity contribution < 1.29 is 37.1 Å². The van der Waals surface area contributed by atoms with E-state index >= 15 is 0 Å². The first-order valence-corrected chi connectivity index (χ1v) is 6.87. The zero-order valence-corrected chi connectivity index (χ0v) is 10.9. The molecule has 2 unspecified atom stereocenters. The topological polar surface area (TPSA) is 122 Å². The van der Waals surface area contributed by atoms with Gasteiger partial charge >= 0.3 is 22.8 Å². The zero-order valence-electron chi connectivity index (χ0n) is 9.09. The van der Waals surface area contributed by atoms with Crippen LogP contribution in [-0.4, -0.2) is 22.0 Å². The first-order valence-electron chi connectivity index (χ1n) is 4.60. The third-order valence-electron chi connectivity index (χ3n) is 1.70. The van der Waals surface area contributed by atoms with Gasteiger partial charge in [-0.25, -0.2) is 4.39 Å². The van der Waals surface area contributed by atoms with E-state index in [0.717, 1.165) is 12.1 Å². The summed E-state index contributed by atoms with van der Waals surface area (Å²) in [6.07, 6.45) is -2.05. The number of hydrogen-bond acceptors (Lipinski definition) is 5. The van der Waals surface area contributed by atoms with E-state index in [1.165, 1.54) is 12.1 Å². The molecule has 3 N–H and O–H groups in total. The minimum Gasteiger partial charge on any atom is -0.321 e.